The molecule has 5 heteroatoms. The van der Waals surface area contributed by atoms with Gasteiger partial charge in [-0.2, -0.15) is 0 Å². The Kier molecular flexibility index (Phi) is 4.10. The molecule has 0 amide bonds. The van der Waals surface area contributed by atoms with Gasteiger partial charge in [-0.25, -0.2) is 9.78 Å². The van der Waals surface area contributed by atoms with Gasteiger partial charge in [-0.05, 0) is 0 Å². The van der Waals surface area contributed by atoms with Gasteiger partial charge in [-0.3, -0.25) is 4.98 Å². The first-order valence-electron chi connectivity index (χ1n) is 4.35. The van der Waals surface area contributed by atoms with Crippen LogP contribution in [0.1, 0.15) is 16.9 Å². The van der Waals surface area contributed by atoms with Crippen LogP contribution in [0, 0.1) is 12.3 Å². The average molecular weight is 205 g/mol. The number of aromatic nitrogens is 2. The fraction of sp³-hybridized carbons (Fsp3) is 0.300. The average Bonchev–Trinajstić information content (AvgIpc) is 2.29. The summed E-state index contributed by atoms with van der Waals surface area (Å²) >= 11 is 0. The Morgan fingerprint density at radius 2 is 2.47 bits per heavy atom. The monoisotopic (exact) mass is 205 g/mol. The molecule has 78 valence electrons. The Bertz CT molecular complexity index is 384. The number of esters is 1. The zero-order chi connectivity index (χ0) is 11.1. The normalized spacial score (nSPS) is 9.07. The fourth-order valence-electron chi connectivity index (χ4n) is 0.917. The lowest BCUT2D eigenvalue weighted by atomic mass is 10.4. The van der Waals surface area contributed by atoms with Crippen LogP contribution in [0.3, 0.4) is 0 Å². The number of rotatable bonds is 4. The number of methoxy groups -OCH3 is 1. The molecule has 1 N–H and O–H groups in total. The van der Waals surface area contributed by atoms with E-state index in [0.29, 0.717) is 18.8 Å². The first-order valence-corrected chi connectivity index (χ1v) is 4.35. The highest BCUT2D eigenvalue weighted by Crippen LogP contribution is 2.02. The zero-order valence-corrected chi connectivity index (χ0v) is 8.36. The third-order valence-corrected chi connectivity index (χ3v) is 1.60. The van der Waals surface area contributed by atoms with Crippen LogP contribution in [-0.2, 0) is 4.74 Å². The maximum Gasteiger partial charge on any atom is 0.358 e. The van der Waals surface area contributed by atoms with Gasteiger partial charge in [0.15, 0.2) is 5.69 Å². The molecule has 0 aliphatic heterocycles. The highest BCUT2D eigenvalue weighted by atomic mass is 16.5. The van der Waals surface area contributed by atoms with Crippen LogP contribution in [0.4, 0.5) is 5.82 Å². The van der Waals surface area contributed by atoms with Gasteiger partial charge in [0.25, 0.3) is 0 Å². The van der Waals surface area contributed by atoms with Crippen molar-refractivity contribution in [3.05, 3.63) is 18.1 Å². The molecule has 1 aromatic rings. The summed E-state index contributed by atoms with van der Waals surface area (Å²) in [6.07, 6.45) is 8.54. The number of terminal acetylenes is 1. The Hall–Kier alpha value is -2.09. The van der Waals surface area contributed by atoms with Crippen molar-refractivity contribution in [3.8, 4) is 12.3 Å². The summed E-state index contributed by atoms with van der Waals surface area (Å²) in [6, 6.07) is 0. The number of ether oxygens (including phenoxy) is 1. The van der Waals surface area contributed by atoms with Gasteiger partial charge in [0.05, 0.1) is 19.5 Å². The van der Waals surface area contributed by atoms with E-state index in [1.165, 1.54) is 19.5 Å². The Labute approximate surface area is 87.9 Å². The third-order valence-electron chi connectivity index (χ3n) is 1.60. The second-order valence-corrected chi connectivity index (χ2v) is 2.66. The van der Waals surface area contributed by atoms with Crippen molar-refractivity contribution < 1.29 is 9.53 Å². The lowest BCUT2D eigenvalue weighted by molar-refractivity contribution is 0.0593. The van der Waals surface area contributed by atoms with Crippen LogP contribution < -0.4 is 5.32 Å². The van der Waals surface area contributed by atoms with Crippen LogP contribution in [0.25, 0.3) is 0 Å². The van der Waals surface area contributed by atoms with Crippen LogP contribution in [0.15, 0.2) is 12.4 Å². The molecule has 0 bridgehead atoms. The Morgan fingerprint density at radius 1 is 1.67 bits per heavy atom. The quantitative estimate of drug-likeness (QED) is 0.445. The molecule has 1 rings (SSSR count). The van der Waals surface area contributed by atoms with Crippen LogP contribution in [0.5, 0.6) is 0 Å². The smallest absolute Gasteiger partial charge is 0.358 e. The van der Waals surface area contributed by atoms with E-state index in [1.54, 1.807) is 0 Å². The van der Waals surface area contributed by atoms with Gasteiger partial charge in [-0.15, -0.1) is 12.3 Å². The maximum absolute atomic E-state index is 11.1. The van der Waals surface area contributed by atoms with Crippen LogP contribution >= 0.6 is 0 Å². The second-order valence-electron chi connectivity index (χ2n) is 2.66. The summed E-state index contributed by atoms with van der Waals surface area (Å²) in [5, 5.41) is 2.94. The van der Waals surface area contributed by atoms with E-state index in [0.717, 1.165) is 0 Å². The zero-order valence-electron chi connectivity index (χ0n) is 8.36. The van der Waals surface area contributed by atoms with E-state index in [4.69, 9.17) is 6.42 Å². The van der Waals surface area contributed by atoms with E-state index >= 15 is 0 Å². The highest BCUT2D eigenvalue weighted by Gasteiger charge is 2.07. The first kappa shape index (κ1) is 11.0. The topological polar surface area (TPSA) is 64.1 Å². The van der Waals surface area contributed by atoms with Crippen molar-refractivity contribution in [3.63, 3.8) is 0 Å². The van der Waals surface area contributed by atoms with Gasteiger partial charge in [-0.1, -0.05) is 0 Å². The van der Waals surface area contributed by atoms with E-state index in [2.05, 4.69) is 25.9 Å². The number of hydrogen-bond acceptors (Lipinski definition) is 5. The van der Waals surface area contributed by atoms with Crippen molar-refractivity contribution in [1.29, 1.82) is 0 Å². The summed E-state index contributed by atoms with van der Waals surface area (Å²) in [5.74, 6) is 2.48. The minimum absolute atomic E-state index is 0.170. The predicted octanol–water partition coefficient (Wildman–Crippen LogP) is 0.698. The van der Waals surface area contributed by atoms with Crippen molar-refractivity contribution in [2.75, 3.05) is 19.0 Å². The highest BCUT2D eigenvalue weighted by molar-refractivity contribution is 5.87. The minimum atomic E-state index is -0.511. The largest absolute Gasteiger partial charge is 0.464 e. The second kappa shape index (κ2) is 5.60. The molecule has 0 saturated heterocycles. The molecule has 0 aliphatic carbocycles. The number of carbonyl (C=O) groups is 1. The molecular weight excluding hydrogens is 194 g/mol. The standard InChI is InChI=1S/C10H11N3O2/c1-3-4-5-12-9-7-11-6-8(13-9)10(14)15-2/h1,6-7H,4-5H2,2H3,(H,12,13). The van der Waals surface area contributed by atoms with Crippen LogP contribution in [-0.4, -0.2) is 29.6 Å². The Morgan fingerprint density at radius 3 is 3.13 bits per heavy atom. The van der Waals surface area contributed by atoms with Gasteiger partial charge in [0.2, 0.25) is 0 Å². The molecule has 0 aliphatic rings. The molecule has 0 spiro atoms. The number of hydrogen-bond donors (Lipinski definition) is 1. The molecule has 0 unspecified atom stereocenters. The lowest BCUT2D eigenvalue weighted by Crippen LogP contribution is -2.09. The summed E-state index contributed by atoms with van der Waals surface area (Å²) < 4.78 is 4.52. The maximum atomic E-state index is 11.1. The van der Waals surface area contributed by atoms with Crippen LogP contribution in [0.2, 0.25) is 0 Å². The van der Waals surface area contributed by atoms with Crippen molar-refractivity contribution >= 4 is 11.8 Å². The summed E-state index contributed by atoms with van der Waals surface area (Å²) in [4.78, 5) is 19.0. The van der Waals surface area contributed by atoms with Gasteiger partial charge < -0.3 is 10.1 Å². The number of nitrogens with one attached hydrogen (secondary N) is 1. The molecule has 0 fully saturated rings. The van der Waals surface area contributed by atoms with Crippen molar-refractivity contribution in [2.45, 2.75) is 6.42 Å². The number of anilines is 1. The van der Waals surface area contributed by atoms with Gasteiger partial charge in [0, 0.05) is 13.0 Å². The third kappa shape index (κ3) is 3.27. The molecule has 1 aromatic heterocycles. The molecular formula is C10H11N3O2. The summed E-state index contributed by atoms with van der Waals surface area (Å²) in [6.45, 7) is 0.593. The first-order chi connectivity index (χ1) is 7.27. The van der Waals surface area contributed by atoms with E-state index in [-0.39, 0.29) is 5.69 Å². The Balaban J connectivity index is 2.66. The predicted molar refractivity (Wildman–Crippen MR) is 55.3 cm³/mol. The number of nitrogens with zero attached hydrogens (tertiary/aromatic N) is 2. The van der Waals surface area contributed by atoms with Crippen molar-refractivity contribution in [1.82, 2.24) is 9.97 Å². The SMILES string of the molecule is C#CCCNc1cncc(C(=O)OC)n1. The molecule has 1 heterocycles. The van der Waals surface area contributed by atoms with E-state index in [1.807, 2.05) is 0 Å². The van der Waals surface area contributed by atoms with Crippen molar-refractivity contribution in [2.24, 2.45) is 0 Å². The molecule has 0 saturated carbocycles. The summed E-state index contributed by atoms with van der Waals surface area (Å²) in [7, 11) is 1.29. The molecule has 0 aromatic carbocycles. The molecule has 0 atom stereocenters. The van der Waals surface area contributed by atoms with E-state index < -0.39 is 5.97 Å². The molecule has 0 radical (unpaired) electrons. The summed E-state index contributed by atoms with van der Waals surface area (Å²) in [5.41, 5.74) is 0.170. The van der Waals surface area contributed by atoms with Gasteiger partial charge >= 0.3 is 5.97 Å². The van der Waals surface area contributed by atoms with E-state index in [9.17, 15) is 4.79 Å². The van der Waals surface area contributed by atoms with Gasteiger partial charge in [0.1, 0.15) is 5.82 Å². The molecule has 15 heavy (non-hydrogen) atoms. The molecule has 5 nitrogen and oxygen atoms in total. The fourth-order valence-corrected chi connectivity index (χ4v) is 0.917. The minimum Gasteiger partial charge on any atom is -0.464 e. The number of carbonyl (C=O) groups excluding carboxylic acids is 1. The lowest BCUT2D eigenvalue weighted by Gasteiger charge is -2.03.